The standard InChI is InChI=1S/C53H66ClF3N6O5S3/c1-51(2,3)62-34-43-19-20-44(35-62)63(43)26-24-41(36-69-45-9-7-6-8-10-45)58-48-22-21-46(31-49(48)70(65,66)53(55,56)57)71(67,68)59-50(64)38-13-17-42(18-14-38)61-29-27-60(28-30-61)33-39-32-52(4,5)25-23-47(39)37-11-15-40(54)16-12-37/h6-18,21-22,31,41,43-44,58H,19-20,23-30,32-36H2,1-5H3,(H,59,64). The van der Waals surface area contributed by atoms with E-state index in [1.54, 1.807) is 12.1 Å². The van der Waals surface area contributed by atoms with Gasteiger partial charge in [-0.05, 0) is 143 Å². The summed E-state index contributed by atoms with van der Waals surface area (Å²) >= 11 is 7.69. The molecule has 3 aliphatic heterocycles. The summed E-state index contributed by atoms with van der Waals surface area (Å²) in [5, 5.41) is 3.81. The number of hydrogen-bond acceptors (Lipinski definition) is 11. The normalized spacial score (nSPS) is 21.1. The molecule has 3 atom stereocenters. The number of thioether (sulfide) groups is 1. The van der Waals surface area contributed by atoms with Gasteiger partial charge in [0.15, 0.2) is 0 Å². The van der Waals surface area contributed by atoms with Gasteiger partial charge in [0, 0.05) is 103 Å². The third kappa shape index (κ3) is 12.8. The van der Waals surface area contributed by atoms with E-state index in [-0.39, 0.29) is 22.2 Å². The second-order valence-electron chi connectivity index (χ2n) is 21.2. The largest absolute Gasteiger partial charge is 0.501 e. The fourth-order valence-electron chi connectivity index (χ4n) is 10.5. The van der Waals surface area contributed by atoms with Gasteiger partial charge in [0.2, 0.25) is 0 Å². The number of rotatable bonds is 16. The molecule has 0 saturated carbocycles. The van der Waals surface area contributed by atoms with Crippen LogP contribution >= 0.6 is 23.4 Å². The van der Waals surface area contributed by atoms with Gasteiger partial charge in [0.25, 0.3) is 25.8 Å². The number of alkyl halides is 3. The maximum Gasteiger partial charge on any atom is 0.501 e. The second-order valence-corrected chi connectivity index (χ2v) is 26.4. The first-order chi connectivity index (χ1) is 33.5. The number of halogens is 4. The van der Waals surface area contributed by atoms with Crippen molar-refractivity contribution in [3.8, 4) is 0 Å². The Labute approximate surface area is 427 Å². The highest BCUT2D eigenvalue weighted by Gasteiger charge is 2.49. The van der Waals surface area contributed by atoms with E-state index in [2.05, 4.69) is 71.7 Å². The number of fused-ring (bicyclic) bond motifs is 2. The molecule has 3 heterocycles. The van der Waals surface area contributed by atoms with Gasteiger partial charge in [0.05, 0.1) is 10.6 Å². The van der Waals surface area contributed by atoms with Crippen LogP contribution in [0.15, 0.2) is 117 Å². The summed E-state index contributed by atoms with van der Waals surface area (Å²) in [5.74, 6) is -0.624. The smallest absolute Gasteiger partial charge is 0.380 e. The Bertz CT molecular complexity index is 2770. The number of nitrogens with one attached hydrogen (secondary N) is 2. The predicted octanol–water partition coefficient (Wildman–Crippen LogP) is 10.4. The van der Waals surface area contributed by atoms with Crippen molar-refractivity contribution in [2.24, 2.45) is 5.41 Å². The number of likely N-dealkylation sites (tertiary alicyclic amines) is 1. The van der Waals surface area contributed by atoms with Crippen molar-refractivity contribution < 1.29 is 34.8 Å². The summed E-state index contributed by atoms with van der Waals surface area (Å²) in [6, 6.07) is 26.8. The van der Waals surface area contributed by atoms with Crippen molar-refractivity contribution in [2.45, 2.75) is 117 Å². The van der Waals surface area contributed by atoms with E-state index in [4.69, 9.17) is 11.6 Å². The number of nitrogens with zero attached hydrogens (tertiary/aromatic N) is 4. The fourth-order valence-corrected chi connectivity index (χ4v) is 13.7. The zero-order valence-electron chi connectivity index (χ0n) is 41.1. The highest BCUT2D eigenvalue weighted by molar-refractivity contribution is 7.99. The van der Waals surface area contributed by atoms with Gasteiger partial charge in [0.1, 0.15) is 4.90 Å². The molecule has 0 aromatic heterocycles. The molecule has 3 unspecified atom stereocenters. The fraction of sp³-hybridized carbons (Fsp3) is 0.491. The van der Waals surface area contributed by atoms with Crippen LogP contribution < -0.4 is 14.9 Å². The molecule has 384 valence electrons. The number of hydrogen-bond donors (Lipinski definition) is 2. The van der Waals surface area contributed by atoms with E-state index in [1.165, 1.54) is 40.6 Å². The minimum atomic E-state index is -6.07. The summed E-state index contributed by atoms with van der Waals surface area (Å²) < 4.78 is 99.1. The van der Waals surface area contributed by atoms with E-state index in [0.717, 1.165) is 101 Å². The zero-order valence-corrected chi connectivity index (χ0v) is 44.3. The Hall–Kier alpha value is -4.10. The van der Waals surface area contributed by atoms with Crippen LogP contribution in [0.1, 0.15) is 89.1 Å². The number of anilines is 2. The third-order valence-corrected chi connectivity index (χ3v) is 18.9. The molecule has 4 aromatic rings. The van der Waals surface area contributed by atoms with Gasteiger partial charge < -0.3 is 10.2 Å². The molecular weight excluding hydrogens is 989 g/mol. The summed E-state index contributed by atoms with van der Waals surface area (Å²) in [7, 11) is -10.9. The van der Waals surface area contributed by atoms with Gasteiger partial charge in [-0.15, -0.1) is 11.8 Å². The van der Waals surface area contributed by atoms with Crippen LogP contribution in [0.25, 0.3) is 5.57 Å². The van der Waals surface area contributed by atoms with Crippen LogP contribution in [0.4, 0.5) is 24.5 Å². The zero-order chi connectivity index (χ0) is 50.9. The second kappa shape index (κ2) is 21.4. The summed E-state index contributed by atoms with van der Waals surface area (Å²) in [4.78, 5) is 22.0. The van der Waals surface area contributed by atoms with E-state index >= 15 is 0 Å². The van der Waals surface area contributed by atoms with Gasteiger partial charge in [-0.3, -0.25) is 19.5 Å². The van der Waals surface area contributed by atoms with Gasteiger partial charge in [-0.25, -0.2) is 21.6 Å². The number of piperazine rings is 2. The predicted molar refractivity (Wildman–Crippen MR) is 279 cm³/mol. The minimum Gasteiger partial charge on any atom is -0.380 e. The maximum atomic E-state index is 14.4. The van der Waals surface area contributed by atoms with Crippen LogP contribution in [0, 0.1) is 5.41 Å². The quantitative estimate of drug-likeness (QED) is 0.104. The van der Waals surface area contributed by atoms with Crippen LogP contribution in [0.5, 0.6) is 0 Å². The topological polar surface area (TPSA) is 122 Å². The van der Waals surface area contributed by atoms with Gasteiger partial charge in [-0.1, -0.05) is 61.4 Å². The lowest BCUT2D eigenvalue weighted by molar-refractivity contribution is -0.0435. The Morgan fingerprint density at radius 3 is 2.13 bits per heavy atom. The lowest BCUT2D eigenvalue weighted by Crippen LogP contribution is -2.59. The minimum absolute atomic E-state index is 0.00554. The average Bonchev–Trinajstić information content (AvgIpc) is 3.54. The molecule has 0 spiro atoms. The first kappa shape index (κ1) is 53.2. The molecule has 3 saturated heterocycles. The van der Waals surface area contributed by atoms with E-state index < -0.39 is 47.1 Å². The number of sulfone groups is 1. The Morgan fingerprint density at radius 1 is 0.859 bits per heavy atom. The van der Waals surface area contributed by atoms with Crippen molar-refractivity contribution in [3.05, 3.63) is 119 Å². The molecule has 71 heavy (non-hydrogen) atoms. The molecule has 4 aliphatic rings. The van der Waals surface area contributed by atoms with Crippen molar-refractivity contribution in [1.29, 1.82) is 0 Å². The lowest BCUT2D eigenvalue weighted by atomic mass is 9.73. The number of amides is 1. The Balaban J connectivity index is 0.940. The van der Waals surface area contributed by atoms with Crippen LogP contribution in [-0.2, 0) is 19.9 Å². The van der Waals surface area contributed by atoms with E-state index in [9.17, 15) is 34.8 Å². The first-order valence-corrected chi connectivity index (χ1v) is 28.8. The molecule has 1 aliphatic carbocycles. The summed E-state index contributed by atoms with van der Waals surface area (Å²) in [5.41, 5.74) is -0.951. The van der Waals surface area contributed by atoms with Crippen molar-refractivity contribution in [1.82, 2.24) is 19.4 Å². The molecule has 3 fully saturated rings. The molecule has 2 N–H and O–H groups in total. The van der Waals surface area contributed by atoms with Crippen molar-refractivity contribution in [2.75, 3.05) is 68.3 Å². The molecule has 18 heteroatoms. The van der Waals surface area contributed by atoms with Gasteiger partial charge in [-0.2, -0.15) is 13.2 Å². The molecule has 1 amide bonds. The number of sulfonamides is 1. The lowest BCUT2D eigenvalue weighted by Gasteiger charge is -2.47. The highest BCUT2D eigenvalue weighted by Crippen LogP contribution is 2.43. The third-order valence-electron chi connectivity index (χ3n) is 14.6. The number of benzene rings is 4. The van der Waals surface area contributed by atoms with Crippen LogP contribution in [-0.4, -0.2) is 125 Å². The first-order valence-electron chi connectivity index (χ1n) is 24.5. The molecule has 0 radical (unpaired) electrons. The van der Waals surface area contributed by atoms with Crippen molar-refractivity contribution >= 4 is 66.1 Å². The molecule has 11 nitrogen and oxygen atoms in total. The average molecular weight is 1060 g/mol. The van der Waals surface area contributed by atoms with E-state index in [1.807, 2.05) is 47.2 Å². The molecule has 2 bridgehead atoms. The number of carbonyl (C=O) groups is 1. The summed E-state index contributed by atoms with van der Waals surface area (Å²) in [6.07, 6.45) is 5.74. The summed E-state index contributed by atoms with van der Waals surface area (Å²) in [6.45, 7) is 17.7. The molecular formula is C53H66ClF3N6O5S3. The van der Waals surface area contributed by atoms with Crippen molar-refractivity contribution in [3.63, 3.8) is 0 Å². The van der Waals surface area contributed by atoms with Crippen LogP contribution in [0.3, 0.4) is 0 Å². The Morgan fingerprint density at radius 2 is 1.51 bits per heavy atom. The number of allylic oxidation sites excluding steroid dienone is 1. The highest BCUT2D eigenvalue weighted by atomic mass is 35.5. The van der Waals surface area contributed by atoms with Gasteiger partial charge >= 0.3 is 5.51 Å². The molecule has 8 rings (SSSR count). The number of carbonyl (C=O) groups excluding carboxylic acids is 1. The SMILES string of the molecule is CC1(C)CCC(c2ccc(Cl)cc2)=C(CN2CCN(c3ccc(C(=O)NS(=O)(=O)c4ccc(NC(CCN5C6CCC5CN(C(C)(C)C)C6)CSc5ccccc5)c(S(=O)(=O)C(F)(F)F)c4)cc3)CC2)C1. The van der Waals surface area contributed by atoms with Crippen LogP contribution in [0.2, 0.25) is 5.02 Å². The van der Waals surface area contributed by atoms with E-state index in [0.29, 0.717) is 41.9 Å². The monoisotopic (exact) mass is 1050 g/mol. The maximum absolute atomic E-state index is 14.4. The molecule has 4 aromatic carbocycles. The Kier molecular flexibility index (Phi) is 16.0.